The second-order valence-electron chi connectivity index (χ2n) is 5.38. The van der Waals surface area contributed by atoms with Gasteiger partial charge in [-0.05, 0) is 37.4 Å². The van der Waals surface area contributed by atoms with E-state index in [2.05, 4.69) is 29.2 Å². The predicted molar refractivity (Wildman–Crippen MR) is 76.1 cm³/mol. The van der Waals surface area contributed by atoms with E-state index in [1.807, 2.05) is 11.8 Å². The highest BCUT2D eigenvalue weighted by Gasteiger charge is 2.28. The zero-order valence-electron chi connectivity index (χ0n) is 10.7. The van der Waals surface area contributed by atoms with Gasteiger partial charge in [-0.15, -0.1) is 11.8 Å². The Morgan fingerprint density at radius 1 is 1.28 bits per heavy atom. The molecule has 1 aromatic rings. The standard InChI is InChI=1S/C15H21NOS/c17-11-13-6-3-4-8-16(13)10-14-9-12-5-1-2-7-15(12)18-14/h1-2,5,7,13-14,17H,3-4,6,8-11H2. The molecule has 2 aliphatic heterocycles. The molecule has 0 saturated carbocycles. The molecule has 3 heteroatoms. The number of aliphatic hydroxyl groups is 1. The number of thioether (sulfide) groups is 1. The van der Waals surface area contributed by atoms with Gasteiger partial charge in [0.05, 0.1) is 6.61 Å². The van der Waals surface area contributed by atoms with E-state index in [4.69, 9.17) is 0 Å². The van der Waals surface area contributed by atoms with Gasteiger partial charge in [0, 0.05) is 22.7 Å². The molecule has 2 unspecified atom stereocenters. The maximum absolute atomic E-state index is 9.46. The molecule has 0 aliphatic carbocycles. The summed E-state index contributed by atoms with van der Waals surface area (Å²) in [6.07, 6.45) is 4.93. The normalized spacial score (nSPS) is 28.3. The number of fused-ring (bicyclic) bond motifs is 1. The Morgan fingerprint density at radius 2 is 2.17 bits per heavy atom. The van der Waals surface area contributed by atoms with Gasteiger partial charge in [-0.25, -0.2) is 0 Å². The smallest absolute Gasteiger partial charge is 0.0586 e. The molecule has 0 radical (unpaired) electrons. The summed E-state index contributed by atoms with van der Waals surface area (Å²) in [5, 5.41) is 10.1. The molecule has 1 fully saturated rings. The fourth-order valence-corrected chi connectivity index (χ4v) is 4.47. The zero-order valence-corrected chi connectivity index (χ0v) is 11.5. The summed E-state index contributed by atoms with van der Waals surface area (Å²) in [6.45, 7) is 2.62. The second kappa shape index (κ2) is 5.64. The SMILES string of the molecule is OCC1CCCCN1CC1Cc2ccccc2S1. The number of likely N-dealkylation sites (tertiary alicyclic amines) is 1. The van der Waals surface area contributed by atoms with Crippen LogP contribution in [0.5, 0.6) is 0 Å². The molecule has 2 nitrogen and oxygen atoms in total. The first-order chi connectivity index (χ1) is 8.86. The van der Waals surface area contributed by atoms with Gasteiger partial charge in [-0.3, -0.25) is 4.90 Å². The number of hydrogen-bond donors (Lipinski definition) is 1. The van der Waals surface area contributed by atoms with Crippen molar-refractivity contribution in [1.82, 2.24) is 4.90 Å². The van der Waals surface area contributed by atoms with Gasteiger partial charge in [0.1, 0.15) is 0 Å². The lowest BCUT2D eigenvalue weighted by Crippen LogP contribution is -2.44. The van der Waals surface area contributed by atoms with Gasteiger partial charge < -0.3 is 5.11 Å². The summed E-state index contributed by atoms with van der Waals surface area (Å²) in [5.41, 5.74) is 1.50. The second-order valence-corrected chi connectivity index (χ2v) is 6.72. The van der Waals surface area contributed by atoms with E-state index in [1.54, 1.807) is 0 Å². The highest BCUT2D eigenvalue weighted by Crippen LogP contribution is 2.37. The molecule has 0 spiro atoms. The van der Waals surface area contributed by atoms with Gasteiger partial charge in [0.15, 0.2) is 0 Å². The van der Waals surface area contributed by atoms with Gasteiger partial charge in [0.2, 0.25) is 0 Å². The minimum Gasteiger partial charge on any atom is -0.395 e. The predicted octanol–water partition coefficient (Wildman–Crippen LogP) is 2.55. The third kappa shape index (κ3) is 2.58. The lowest BCUT2D eigenvalue weighted by atomic mass is 10.0. The van der Waals surface area contributed by atoms with Crippen molar-refractivity contribution in [2.45, 2.75) is 41.9 Å². The minimum atomic E-state index is 0.324. The van der Waals surface area contributed by atoms with E-state index in [0.29, 0.717) is 17.9 Å². The molecular formula is C15H21NOS. The summed E-state index contributed by atoms with van der Waals surface area (Å²) in [7, 11) is 0. The van der Waals surface area contributed by atoms with E-state index < -0.39 is 0 Å². The first kappa shape index (κ1) is 12.5. The van der Waals surface area contributed by atoms with Crippen LogP contribution in [0.25, 0.3) is 0 Å². The molecule has 2 atom stereocenters. The summed E-state index contributed by atoms with van der Waals surface area (Å²) in [5.74, 6) is 0. The van der Waals surface area contributed by atoms with Crippen LogP contribution >= 0.6 is 11.8 Å². The molecule has 0 aromatic heterocycles. The van der Waals surface area contributed by atoms with Crippen molar-refractivity contribution in [3.63, 3.8) is 0 Å². The Kier molecular flexibility index (Phi) is 3.92. The monoisotopic (exact) mass is 263 g/mol. The molecular weight excluding hydrogens is 242 g/mol. The summed E-state index contributed by atoms with van der Waals surface area (Å²) >= 11 is 2.02. The van der Waals surface area contributed by atoms with Crippen molar-refractivity contribution in [1.29, 1.82) is 0 Å². The third-order valence-corrected chi connectivity index (χ3v) is 5.41. The number of hydrogen-bond acceptors (Lipinski definition) is 3. The summed E-state index contributed by atoms with van der Waals surface area (Å²) in [4.78, 5) is 3.97. The average molecular weight is 263 g/mol. The maximum atomic E-state index is 9.46. The van der Waals surface area contributed by atoms with E-state index in [0.717, 1.165) is 6.54 Å². The number of rotatable bonds is 3. The topological polar surface area (TPSA) is 23.5 Å². The molecule has 0 amide bonds. The minimum absolute atomic E-state index is 0.324. The van der Waals surface area contributed by atoms with Gasteiger partial charge in [-0.2, -0.15) is 0 Å². The number of piperidine rings is 1. The largest absolute Gasteiger partial charge is 0.395 e. The van der Waals surface area contributed by atoms with Crippen LogP contribution < -0.4 is 0 Å². The van der Waals surface area contributed by atoms with Crippen LogP contribution in [-0.2, 0) is 6.42 Å². The number of nitrogens with zero attached hydrogens (tertiary/aromatic N) is 1. The molecule has 1 saturated heterocycles. The third-order valence-electron chi connectivity index (χ3n) is 4.11. The fraction of sp³-hybridized carbons (Fsp3) is 0.600. The molecule has 1 N–H and O–H groups in total. The molecule has 3 rings (SSSR count). The fourth-order valence-electron chi connectivity index (χ4n) is 3.12. The van der Waals surface area contributed by atoms with Crippen molar-refractivity contribution < 1.29 is 5.11 Å². The number of aliphatic hydroxyl groups excluding tert-OH is 1. The van der Waals surface area contributed by atoms with E-state index in [9.17, 15) is 5.11 Å². The van der Waals surface area contributed by atoms with E-state index in [1.165, 1.54) is 42.7 Å². The Hall–Kier alpha value is -0.510. The van der Waals surface area contributed by atoms with Crippen LogP contribution in [0.3, 0.4) is 0 Å². The van der Waals surface area contributed by atoms with Crippen molar-refractivity contribution in [3.05, 3.63) is 29.8 Å². The Bertz CT molecular complexity index is 384. The van der Waals surface area contributed by atoms with Crippen LogP contribution in [-0.4, -0.2) is 41.0 Å². The van der Waals surface area contributed by atoms with Gasteiger partial charge in [0.25, 0.3) is 0 Å². The molecule has 2 heterocycles. The summed E-state index contributed by atoms with van der Waals surface area (Å²) in [6, 6.07) is 9.16. The molecule has 2 aliphatic rings. The van der Waals surface area contributed by atoms with Crippen molar-refractivity contribution >= 4 is 11.8 Å². The van der Waals surface area contributed by atoms with Crippen molar-refractivity contribution in [2.24, 2.45) is 0 Å². The lowest BCUT2D eigenvalue weighted by molar-refractivity contribution is 0.0909. The highest BCUT2D eigenvalue weighted by atomic mass is 32.2. The first-order valence-electron chi connectivity index (χ1n) is 6.96. The Labute approximate surface area is 113 Å². The molecule has 98 valence electrons. The Morgan fingerprint density at radius 3 is 3.00 bits per heavy atom. The molecule has 1 aromatic carbocycles. The van der Waals surface area contributed by atoms with Crippen LogP contribution in [0.4, 0.5) is 0 Å². The lowest BCUT2D eigenvalue weighted by Gasteiger charge is -2.35. The van der Waals surface area contributed by atoms with Crippen LogP contribution in [0.2, 0.25) is 0 Å². The zero-order chi connectivity index (χ0) is 12.4. The Balaban J connectivity index is 1.61. The van der Waals surface area contributed by atoms with Crippen LogP contribution in [0.15, 0.2) is 29.2 Å². The molecule has 0 bridgehead atoms. The maximum Gasteiger partial charge on any atom is 0.0586 e. The first-order valence-corrected chi connectivity index (χ1v) is 7.84. The van der Waals surface area contributed by atoms with E-state index in [-0.39, 0.29) is 0 Å². The highest BCUT2D eigenvalue weighted by molar-refractivity contribution is 8.00. The van der Waals surface area contributed by atoms with Crippen molar-refractivity contribution in [3.8, 4) is 0 Å². The van der Waals surface area contributed by atoms with Gasteiger partial charge in [-0.1, -0.05) is 24.6 Å². The summed E-state index contributed by atoms with van der Waals surface area (Å²) < 4.78 is 0. The average Bonchev–Trinajstić information content (AvgIpc) is 2.81. The number of benzene rings is 1. The van der Waals surface area contributed by atoms with Gasteiger partial charge >= 0.3 is 0 Å². The quantitative estimate of drug-likeness (QED) is 0.906. The van der Waals surface area contributed by atoms with Crippen LogP contribution in [0, 0.1) is 0 Å². The van der Waals surface area contributed by atoms with Crippen LogP contribution in [0.1, 0.15) is 24.8 Å². The van der Waals surface area contributed by atoms with E-state index >= 15 is 0 Å². The molecule has 18 heavy (non-hydrogen) atoms. The van der Waals surface area contributed by atoms with Crippen molar-refractivity contribution in [2.75, 3.05) is 19.7 Å².